The second-order valence-electron chi connectivity index (χ2n) is 6.82. The fourth-order valence-electron chi connectivity index (χ4n) is 3.47. The van der Waals surface area contributed by atoms with Crippen molar-refractivity contribution in [2.75, 3.05) is 19.6 Å². The number of thiophene rings is 1. The lowest BCUT2D eigenvalue weighted by molar-refractivity contribution is 0.0905. The lowest BCUT2D eigenvalue weighted by Gasteiger charge is -2.33. The van der Waals surface area contributed by atoms with Crippen molar-refractivity contribution in [2.24, 2.45) is 0 Å². The summed E-state index contributed by atoms with van der Waals surface area (Å²) in [5.41, 5.74) is 0.298. The first-order valence-corrected chi connectivity index (χ1v) is 10.2. The molecule has 0 saturated carbocycles. The monoisotopic (exact) mass is 385 g/mol. The number of carbonyl (C=O) groups is 1. The maximum atomic E-state index is 12.6. The van der Waals surface area contributed by atoms with E-state index in [0.29, 0.717) is 18.0 Å². The number of piperidine rings is 1. The molecule has 27 heavy (non-hydrogen) atoms. The number of nitrogens with zero attached hydrogens (tertiary/aromatic N) is 2. The van der Waals surface area contributed by atoms with Crippen molar-refractivity contribution >= 4 is 17.2 Å². The highest BCUT2D eigenvalue weighted by molar-refractivity contribution is 7.13. The van der Waals surface area contributed by atoms with E-state index in [1.807, 2.05) is 36.6 Å². The van der Waals surface area contributed by atoms with Gasteiger partial charge in [0.15, 0.2) is 11.5 Å². The number of aryl methyl sites for hydroxylation is 1. The maximum Gasteiger partial charge on any atom is 0.273 e. The molecule has 1 N–H and O–H groups in total. The molecule has 4 heterocycles. The van der Waals surface area contributed by atoms with E-state index >= 15 is 0 Å². The minimum atomic E-state index is -0.230. The molecule has 7 heteroatoms. The first kappa shape index (κ1) is 18.0. The molecular weight excluding hydrogens is 362 g/mol. The second kappa shape index (κ2) is 8.10. The zero-order valence-electron chi connectivity index (χ0n) is 15.3. The smallest absolute Gasteiger partial charge is 0.273 e. The van der Waals surface area contributed by atoms with Crippen LogP contribution in [-0.2, 0) is 0 Å². The Balaban J connectivity index is 1.44. The highest BCUT2D eigenvalue weighted by Crippen LogP contribution is 2.27. The van der Waals surface area contributed by atoms with Gasteiger partial charge >= 0.3 is 0 Å². The van der Waals surface area contributed by atoms with Crippen molar-refractivity contribution in [2.45, 2.75) is 32.2 Å². The van der Waals surface area contributed by atoms with E-state index in [2.05, 4.69) is 15.4 Å². The molecule has 1 fully saturated rings. The highest BCUT2D eigenvalue weighted by Gasteiger charge is 2.26. The molecule has 6 nitrogen and oxygen atoms in total. The molecule has 142 valence electrons. The van der Waals surface area contributed by atoms with Gasteiger partial charge in [0.05, 0.1) is 10.9 Å². The van der Waals surface area contributed by atoms with Gasteiger partial charge in [0.1, 0.15) is 11.5 Å². The maximum absolute atomic E-state index is 12.6. The van der Waals surface area contributed by atoms with Crippen LogP contribution in [0.15, 0.2) is 44.7 Å². The number of furan rings is 1. The predicted octanol–water partition coefficient (Wildman–Crippen LogP) is 4.26. The molecule has 0 unspecified atom stereocenters. The molecule has 3 aromatic rings. The number of hydrogen-bond acceptors (Lipinski definition) is 6. The van der Waals surface area contributed by atoms with E-state index in [1.54, 1.807) is 17.4 Å². The normalized spacial score (nSPS) is 16.3. The summed E-state index contributed by atoms with van der Waals surface area (Å²) in [6, 6.07) is 9.58. The van der Waals surface area contributed by atoms with Crippen molar-refractivity contribution < 1.29 is 13.7 Å². The Morgan fingerprint density at radius 2 is 2.15 bits per heavy atom. The summed E-state index contributed by atoms with van der Waals surface area (Å²) in [5.74, 6) is 2.17. The van der Waals surface area contributed by atoms with E-state index < -0.39 is 0 Å². The summed E-state index contributed by atoms with van der Waals surface area (Å²) < 4.78 is 11.2. The highest BCUT2D eigenvalue weighted by atomic mass is 32.1. The molecule has 0 aliphatic carbocycles. The van der Waals surface area contributed by atoms with Crippen LogP contribution in [0, 0.1) is 6.92 Å². The Morgan fingerprint density at radius 3 is 2.85 bits per heavy atom. The van der Waals surface area contributed by atoms with Crippen LogP contribution >= 0.6 is 11.3 Å². The average Bonchev–Trinajstić information content (AvgIpc) is 3.44. The van der Waals surface area contributed by atoms with Crippen LogP contribution in [0.2, 0.25) is 0 Å². The third kappa shape index (κ3) is 4.14. The van der Waals surface area contributed by atoms with Crippen LogP contribution in [-0.4, -0.2) is 35.6 Å². The fraction of sp³-hybridized carbons (Fsp3) is 0.400. The molecular formula is C20H23N3O3S. The number of hydrogen-bond donors (Lipinski definition) is 1. The molecule has 0 spiro atoms. The Morgan fingerprint density at radius 1 is 1.30 bits per heavy atom. The standard InChI is InChI=1S/C20H23N3O3S/c1-14-7-8-17(25-14)16(23-9-3-2-4-10-23)13-21-20(24)15-12-18(26-22-15)19-6-5-11-27-19/h5-8,11-12,16H,2-4,9-10,13H2,1H3,(H,21,24)/t16-/m1/s1. The predicted molar refractivity (Wildman–Crippen MR) is 104 cm³/mol. The zero-order chi connectivity index (χ0) is 18.6. The van der Waals surface area contributed by atoms with Crippen LogP contribution in [0.3, 0.4) is 0 Å². The van der Waals surface area contributed by atoms with E-state index in [1.165, 1.54) is 19.3 Å². The van der Waals surface area contributed by atoms with Crippen molar-refractivity contribution in [3.63, 3.8) is 0 Å². The summed E-state index contributed by atoms with van der Waals surface area (Å²) in [7, 11) is 0. The van der Waals surface area contributed by atoms with Gasteiger partial charge in [-0.2, -0.15) is 0 Å². The number of nitrogens with one attached hydrogen (secondary N) is 1. The lowest BCUT2D eigenvalue weighted by atomic mass is 10.1. The van der Waals surface area contributed by atoms with Gasteiger partial charge in [0.25, 0.3) is 5.91 Å². The molecule has 0 radical (unpaired) electrons. The minimum absolute atomic E-state index is 0.0339. The van der Waals surface area contributed by atoms with Gasteiger partial charge in [0, 0.05) is 12.6 Å². The number of rotatable bonds is 6. The SMILES string of the molecule is Cc1ccc([C@@H](CNC(=O)c2cc(-c3cccs3)on2)N2CCCCC2)o1. The Kier molecular flexibility index (Phi) is 5.40. The lowest BCUT2D eigenvalue weighted by Crippen LogP contribution is -2.40. The molecule has 3 aromatic heterocycles. The van der Waals surface area contributed by atoms with Gasteiger partial charge in [-0.25, -0.2) is 0 Å². The van der Waals surface area contributed by atoms with Gasteiger partial charge < -0.3 is 14.3 Å². The molecule has 0 bridgehead atoms. The summed E-state index contributed by atoms with van der Waals surface area (Å²) >= 11 is 1.55. The largest absolute Gasteiger partial charge is 0.465 e. The van der Waals surface area contributed by atoms with Crippen LogP contribution in [0.5, 0.6) is 0 Å². The number of carbonyl (C=O) groups excluding carboxylic acids is 1. The molecule has 0 aromatic carbocycles. The topological polar surface area (TPSA) is 71.5 Å². The summed E-state index contributed by atoms with van der Waals surface area (Å²) in [6.45, 7) is 4.46. The van der Waals surface area contributed by atoms with E-state index in [4.69, 9.17) is 8.94 Å². The van der Waals surface area contributed by atoms with Crippen LogP contribution in [0.4, 0.5) is 0 Å². The fourth-order valence-corrected chi connectivity index (χ4v) is 4.14. The first-order valence-electron chi connectivity index (χ1n) is 9.30. The third-order valence-electron chi connectivity index (χ3n) is 4.88. The van der Waals surface area contributed by atoms with Crippen molar-refractivity contribution in [1.29, 1.82) is 0 Å². The molecule has 1 atom stereocenters. The number of amides is 1. The van der Waals surface area contributed by atoms with Gasteiger partial charge in [-0.15, -0.1) is 11.3 Å². The summed E-state index contributed by atoms with van der Waals surface area (Å²) in [4.78, 5) is 15.9. The van der Waals surface area contributed by atoms with Crippen molar-refractivity contribution in [3.05, 3.63) is 52.9 Å². The van der Waals surface area contributed by atoms with Crippen LogP contribution in [0.25, 0.3) is 10.6 Å². The van der Waals surface area contributed by atoms with Gasteiger partial charge in [-0.05, 0) is 56.4 Å². The minimum Gasteiger partial charge on any atom is -0.465 e. The van der Waals surface area contributed by atoms with Gasteiger partial charge in [0.2, 0.25) is 0 Å². The van der Waals surface area contributed by atoms with E-state index in [9.17, 15) is 4.79 Å². The molecule has 1 saturated heterocycles. The first-order chi connectivity index (χ1) is 13.2. The zero-order valence-corrected chi connectivity index (χ0v) is 16.1. The molecule has 1 aliphatic heterocycles. The van der Waals surface area contributed by atoms with Crippen LogP contribution in [0.1, 0.15) is 47.3 Å². The summed E-state index contributed by atoms with van der Waals surface area (Å²) in [6.07, 6.45) is 3.62. The molecule has 1 aliphatic rings. The van der Waals surface area contributed by atoms with E-state index in [0.717, 1.165) is 29.5 Å². The summed E-state index contributed by atoms with van der Waals surface area (Å²) in [5, 5.41) is 8.89. The Bertz CT molecular complexity index is 878. The number of aromatic nitrogens is 1. The van der Waals surface area contributed by atoms with Crippen LogP contribution < -0.4 is 5.32 Å². The van der Waals surface area contributed by atoms with Gasteiger partial charge in [-0.3, -0.25) is 9.69 Å². The molecule has 4 rings (SSSR count). The average molecular weight is 385 g/mol. The second-order valence-corrected chi connectivity index (χ2v) is 7.77. The van der Waals surface area contributed by atoms with Crippen molar-refractivity contribution in [3.8, 4) is 10.6 Å². The third-order valence-corrected chi connectivity index (χ3v) is 5.77. The molecule has 1 amide bonds. The number of likely N-dealkylation sites (tertiary alicyclic amines) is 1. The Labute approximate surface area is 162 Å². The van der Waals surface area contributed by atoms with E-state index in [-0.39, 0.29) is 11.9 Å². The van der Waals surface area contributed by atoms with Crippen molar-refractivity contribution in [1.82, 2.24) is 15.4 Å². The van der Waals surface area contributed by atoms with Gasteiger partial charge in [-0.1, -0.05) is 17.6 Å². The quantitative estimate of drug-likeness (QED) is 0.686. The Hall–Kier alpha value is -2.38.